The van der Waals surface area contributed by atoms with Crippen LogP contribution in [-0.4, -0.2) is 44.7 Å². The number of rotatable bonds is 9. The lowest BCUT2D eigenvalue weighted by Crippen LogP contribution is -2.30. The van der Waals surface area contributed by atoms with Crippen molar-refractivity contribution < 1.29 is 18.3 Å². The molecule has 1 saturated heterocycles. The molecule has 0 radical (unpaired) electrons. The number of nitrogens with zero attached hydrogens (tertiary/aromatic N) is 2. The Morgan fingerprint density at radius 3 is 2.28 bits per heavy atom. The van der Waals surface area contributed by atoms with Gasteiger partial charge < -0.3 is 9.84 Å². The molecule has 36 heavy (non-hydrogen) atoms. The quantitative estimate of drug-likeness (QED) is 0.331. The number of likely N-dealkylation sites (tertiary alicyclic amines) is 1. The van der Waals surface area contributed by atoms with Gasteiger partial charge in [0.15, 0.2) is 0 Å². The molecule has 0 bridgehead atoms. The van der Waals surface area contributed by atoms with Crippen LogP contribution in [0.15, 0.2) is 95.9 Å². The first-order chi connectivity index (χ1) is 17.5. The van der Waals surface area contributed by atoms with E-state index in [0.717, 1.165) is 30.6 Å². The predicted molar refractivity (Wildman–Crippen MR) is 143 cm³/mol. The van der Waals surface area contributed by atoms with Crippen molar-refractivity contribution in [3.05, 3.63) is 96.6 Å². The third kappa shape index (κ3) is 5.32. The smallest absolute Gasteiger partial charge is 0.265 e. The highest BCUT2D eigenvalue weighted by Gasteiger charge is 2.27. The van der Waals surface area contributed by atoms with Gasteiger partial charge in [-0.1, -0.05) is 48.5 Å². The van der Waals surface area contributed by atoms with Crippen molar-refractivity contribution >= 4 is 26.5 Å². The van der Waals surface area contributed by atoms with Gasteiger partial charge in [-0.3, -0.25) is 9.21 Å². The van der Waals surface area contributed by atoms with Crippen molar-refractivity contribution in [3.63, 3.8) is 0 Å². The van der Waals surface area contributed by atoms with Crippen molar-refractivity contribution in [2.24, 2.45) is 0 Å². The van der Waals surface area contributed by atoms with E-state index in [-0.39, 0.29) is 17.2 Å². The number of phenols is 1. The summed E-state index contributed by atoms with van der Waals surface area (Å²) < 4.78 is 35.5. The Labute approximate surface area is 212 Å². The molecule has 0 amide bonds. The molecule has 0 aliphatic carbocycles. The van der Waals surface area contributed by atoms with Gasteiger partial charge in [0.25, 0.3) is 10.0 Å². The molecule has 186 valence electrons. The molecule has 6 nitrogen and oxygen atoms in total. The van der Waals surface area contributed by atoms with Gasteiger partial charge in [0.05, 0.1) is 17.1 Å². The lowest BCUT2D eigenvalue weighted by Gasteiger charge is -2.26. The maximum absolute atomic E-state index is 14.1. The molecule has 0 spiro atoms. The molecule has 0 saturated carbocycles. The Morgan fingerprint density at radius 1 is 0.833 bits per heavy atom. The maximum atomic E-state index is 14.1. The summed E-state index contributed by atoms with van der Waals surface area (Å²) >= 11 is 0. The van der Waals surface area contributed by atoms with E-state index in [1.165, 1.54) is 17.1 Å². The van der Waals surface area contributed by atoms with Gasteiger partial charge in [0.1, 0.15) is 18.1 Å². The van der Waals surface area contributed by atoms with Gasteiger partial charge in [0, 0.05) is 11.9 Å². The minimum atomic E-state index is -3.91. The highest BCUT2D eigenvalue weighted by atomic mass is 32.2. The topological polar surface area (TPSA) is 70.1 Å². The Kier molecular flexibility index (Phi) is 7.11. The largest absolute Gasteiger partial charge is 0.508 e. The molecule has 1 aliphatic rings. The second-order valence-electron chi connectivity index (χ2n) is 9.05. The Balaban J connectivity index is 1.45. The number of sulfonamides is 1. The number of ether oxygens (including phenoxy) is 1. The number of aromatic hydroxyl groups is 1. The summed E-state index contributed by atoms with van der Waals surface area (Å²) in [6, 6.07) is 26.6. The summed E-state index contributed by atoms with van der Waals surface area (Å²) in [4.78, 5) is 2.65. The van der Waals surface area contributed by atoms with Crippen LogP contribution in [-0.2, 0) is 16.6 Å². The molecule has 0 aromatic heterocycles. The van der Waals surface area contributed by atoms with Crippen LogP contribution in [0.2, 0.25) is 0 Å². The second-order valence-corrected chi connectivity index (χ2v) is 10.9. The van der Waals surface area contributed by atoms with E-state index in [1.54, 1.807) is 48.5 Å². The highest BCUT2D eigenvalue weighted by Crippen LogP contribution is 2.31. The minimum absolute atomic E-state index is 0.126. The van der Waals surface area contributed by atoms with E-state index in [1.807, 2.05) is 42.5 Å². The molecular formula is C29H30N2O4S. The van der Waals surface area contributed by atoms with Crippen LogP contribution in [0.4, 0.5) is 5.69 Å². The molecule has 5 rings (SSSR count). The lowest BCUT2D eigenvalue weighted by molar-refractivity contribution is 0.238. The summed E-state index contributed by atoms with van der Waals surface area (Å²) in [5.41, 5.74) is 1.31. The van der Waals surface area contributed by atoms with Gasteiger partial charge in [0.2, 0.25) is 0 Å². The molecule has 1 aliphatic heterocycles. The summed E-state index contributed by atoms with van der Waals surface area (Å²) in [5.74, 6) is 0.850. The first-order valence-corrected chi connectivity index (χ1v) is 13.7. The fourth-order valence-electron chi connectivity index (χ4n) is 4.63. The molecule has 0 unspecified atom stereocenters. The summed E-state index contributed by atoms with van der Waals surface area (Å²) in [6.45, 7) is 3.87. The van der Waals surface area contributed by atoms with Gasteiger partial charge in [-0.05, 0) is 79.3 Å². The van der Waals surface area contributed by atoms with Crippen LogP contribution in [0.5, 0.6) is 11.5 Å². The fourth-order valence-corrected chi connectivity index (χ4v) is 6.30. The van der Waals surface area contributed by atoms with Crippen molar-refractivity contribution in [1.29, 1.82) is 0 Å². The van der Waals surface area contributed by atoms with Crippen molar-refractivity contribution in [3.8, 4) is 11.5 Å². The van der Waals surface area contributed by atoms with Crippen LogP contribution in [0.3, 0.4) is 0 Å². The average molecular weight is 503 g/mol. The molecule has 1 fully saturated rings. The summed E-state index contributed by atoms with van der Waals surface area (Å²) in [7, 11) is -3.91. The number of phenolic OH excluding ortho intramolecular Hbond substituents is 1. The van der Waals surface area contributed by atoms with Gasteiger partial charge in [-0.2, -0.15) is 0 Å². The first kappa shape index (κ1) is 24.2. The zero-order valence-electron chi connectivity index (χ0n) is 20.1. The number of anilines is 1. The van der Waals surface area contributed by atoms with E-state index in [2.05, 4.69) is 4.90 Å². The van der Waals surface area contributed by atoms with Crippen LogP contribution < -0.4 is 9.04 Å². The second kappa shape index (κ2) is 10.6. The SMILES string of the molecule is O=S(=O)(c1cccc2ccccc12)N(Cc1ccc(O)cc1)c1ccc(OCCN2CCCC2)cc1. The molecule has 4 aromatic carbocycles. The minimum Gasteiger partial charge on any atom is -0.508 e. The third-order valence-corrected chi connectivity index (χ3v) is 8.41. The molecular weight excluding hydrogens is 472 g/mol. The molecule has 1 heterocycles. The van der Waals surface area contributed by atoms with Gasteiger partial charge in [-0.25, -0.2) is 8.42 Å². The fraction of sp³-hybridized carbons (Fsp3) is 0.241. The van der Waals surface area contributed by atoms with Crippen LogP contribution in [0, 0.1) is 0 Å². The van der Waals surface area contributed by atoms with Crippen molar-refractivity contribution in [2.75, 3.05) is 30.5 Å². The first-order valence-electron chi connectivity index (χ1n) is 12.2. The van der Waals surface area contributed by atoms with Crippen LogP contribution >= 0.6 is 0 Å². The van der Waals surface area contributed by atoms with Gasteiger partial charge in [-0.15, -0.1) is 0 Å². The maximum Gasteiger partial charge on any atom is 0.265 e. The molecule has 1 N–H and O–H groups in total. The summed E-state index contributed by atoms with van der Waals surface area (Å²) in [6.07, 6.45) is 2.49. The van der Waals surface area contributed by atoms with E-state index in [9.17, 15) is 13.5 Å². The number of benzene rings is 4. The Morgan fingerprint density at radius 2 is 1.53 bits per heavy atom. The Hall–Kier alpha value is -3.55. The number of hydrogen-bond acceptors (Lipinski definition) is 5. The van der Waals surface area contributed by atoms with Crippen LogP contribution in [0.25, 0.3) is 10.8 Å². The van der Waals surface area contributed by atoms with Crippen LogP contribution in [0.1, 0.15) is 18.4 Å². The Bertz CT molecular complexity index is 1410. The molecule has 7 heteroatoms. The van der Waals surface area contributed by atoms with E-state index < -0.39 is 10.0 Å². The standard InChI is InChI=1S/C29H30N2O4S/c32-26-14-10-23(11-15-26)22-31(36(33,34)29-9-5-7-24-6-1-2-8-28(24)29)25-12-16-27(17-13-25)35-21-20-30-18-3-4-19-30/h1-2,5-17,32H,3-4,18-22H2. The molecule has 4 aromatic rings. The third-order valence-electron chi connectivity index (χ3n) is 6.58. The zero-order chi connectivity index (χ0) is 25.0. The normalized spacial score (nSPS) is 14.2. The van der Waals surface area contributed by atoms with E-state index in [0.29, 0.717) is 23.4 Å². The zero-order valence-corrected chi connectivity index (χ0v) is 20.9. The highest BCUT2D eigenvalue weighted by molar-refractivity contribution is 7.93. The average Bonchev–Trinajstić information content (AvgIpc) is 3.42. The van der Waals surface area contributed by atoms with Crippen molar-refractivity contribution in [1.82, 2.24) is 4.90 Å². The number of hydrogen-bond donors (Lipinski definition) is 1. The molecule has 0 atom stereocenters. The van der Waals surface area contributed by atoms with E-state index >= 15 is 0 Å². The van der Waals surface area contributed by atoms with Crippen molar-refractivity contribution in [2.45, 2.75) is 24.3 Å². The monoisotopic (exact) mass is 502 g/mol. The lowest BCUT2D eigenvalue weighted by atomic mass is 10.1. The summed E-state index contributed by atoms with van der Waals surface area (Å²) in [5, 5.41) is 11.2. The van der Waals surface area contributed by atoms with Gasteiger partial charge >= 0.3 is 0 Å². The predicted octanol–water partition coefficient (Wildman–Crippen LogP) is 5.42. The number of fused-ring (bicyclic) bond motifs is 1. The van der Waals surface area contributed by atoms with E-state index in [4.69, 9.17) is 4.74 Å².